The minimum absolute atomic E-state index is 0.00639. The van der Waals surface area contributed by atoms with Crippen LogP contribution < -0.4 is 0 Å². The molecule has 0 aromatic heterocycles. The predicted molar refractivity (Wildman–Crippen MR) is 52.2 cm³/mol. The van der Waals surface area contributed by atoms with Gasteiger partial charge in [-0.15, -0.1) is 0 Å². The van der Waals surface area contributed by atoms with Crippen LogP contribution in [-0.4, -0.2) is 13.1 Å². The first-order valence-corrected chi connectivity index (χ1v) is 4.43. The standard InChI is InChI=1S/C11H9F2NO2/c1-6-7(10(12)13)3-4-8(9(6)5-14)11(15)16-2/h3-4,10H,1-2H3. The summed E-state index contributed by atoms with van der Waals surface area (Å²) in [6, 6.07) is 4.05. The quantitative estimate of drug-likeness (QED) is 0.727. The Bertz CT molecular complexity index is 464. The lowest BCUT2D eigenvalue weighted by Crippen LogP contribution is -2.07. The van der Waals surface area contributed by atoms with Crippen LogP contribution in [0.4, 0.5) is 8.78 Å². The third-order valence-corrected chi connectivity index (χ3v) is 2.26. The molecule has 0 aliphatic rings. The van der Waals surface area contributed by atoms with Gasteiger partial charge in [0.25, 0.3) is 6.43 Å². The first-order chi connectivity index (χ1) is 7.52. The van der Waals surface area contributed by atoms with Gasteiger partial charge in [0.15, 0.2) is 0 Å². The Balaban J connectivity index is 3.42. The number of alkyl halides is 2. The van der Waals surface area contributed by atoms with Crippen molar-refractivity contribution in [3.8, 4) is 6.07 Å². The molecule has 0 spiro atoms. The minimum Gasteiger partial charge on any atom is -0.465 e. The van der Waals surface area contributed by atoms with Gasteiger partial charge < -0.3 is 4.74 Å². The average Bonchev–Trinajstić information content (AvgIpc) is 2.26. The van der Waals surface area contributed by atoms with Crippen LogP contribution in [0.5, 0.6) is 0 Å². The number of nitriles is 1. The van der Waals surface area contributed by atoms with Gasteiger partial charge in [0.2, 0.25) is 0 Å². The summed E-state index contributed by atoms with van der Waals surface area (Å²) in [5, 5.41) is 8.85. The Hall–Kier alpha value is -1.96. The zero-order valence-electron chi connectivity index (χ0n) is 8.75. The molecule has 0 radical (unpaired) electrons. The van der Waals surface area contributed by atoms with Gasteiger partial charge in [-0.2, -0.15) is 5.26 Å². The smallest absolute Gasteiger partial charge is 0.339 e. The third kappa shape index (κ3) is 2.01. The second-order valence-corrected chi connectivity index (χ2v) is 3.11. The van der Waals surface area contributed by atoms with Crippen molar-refractivity contribution in [1.82, 2.24) is 0 Å². The number of ether oxygens (including phenoxy) is 1. The molecular weight excluding hydrogens is 216 g/mol. The average molecular weight is 225 g/mol. The number of halogens is 2. The van der Waals surface area contributed by atoms with Crippen LogP contribution in [0, 0.1) is 18.3 Å². The van der Waals surface area contributed by atoms with E-state index in [-0.39, 0.29) is 22.3 Å². The number of carbonyl (C=O) groups is 1. The molecule has 5 heteroatoms. The Labute approximate surface area is 91.3 Å². The maximum Gasteiger partial charge on any atom is 0.339 e. The van der Waals surface area contributed by atoms with Crippen molar-refractivity contribution in [2.45, 2.75) is 13.3 Å². The molecule has 0 fully saturated rings. The highest BCUT2D eigenvalue weighted by molar-refractivity contribution is 5.92. The Kier molecular flexibility index (Phi) is 3.56. The van der Waals surface area contributed by atoms with Crippen LogP contribution in [0.3, 0.4) is 0 Å². The van der Waals surface area contributed by atoms with Gasteiger partial charge >= 0.3 is 5.97 Å². The van der Waals surface area contributed by atoms with Crippen molar-refractivity contribution in [1.29, 1.82) is 5.26 Å². The lowest BCUT2D eigenvalue weighted by atomic mass is 9.98. The molecule has 84 valence electrons. The summed E-state index contributed by atoms with van der Waals surface area (Å²) in [4.78, 5) is 11.3. The van der Waals surface area contributed by atoms with Crippen LogP contribution in [0.25, 0.3) is 0 Å². The molecule has 0 amide bonds. The number of methoxy groups -OCH3 is 1. The molecule has 0 saturated carbocycles. The van der Waals surface area contributed by atoms with E-state index in [1.807, 2.05) is 0 Å². The van der Waals surface area contributed by atoms with Gasteiger partial charge in [0, 0.05) is 5.56 Å². The molecule has 0 saturated heterocycles. The zero-order chi connectivity index (χ0) is 12.3. The van der Waals surface area contributed by atoms with E-state index < -0.39 is 12.4 Å². The van der Waals surface area contributed by atoms with E-state index in [9.17, 15) is 13.6 Å². The van der Waals surface area contributed by atoms with Crippen molar-refractivity contribution in [2.75, 3.05) is 7.11 Å². The van der Waals surface area contributed by atoms with Gasteiger partial charge in [-0.3, -0.25) is 0 Å². The molecule has 3 nitrogen and oxygen atoms in total. The number of nitrogens with zero attached hydrogens (tertiary/aromatic N) is 1. The zero-order valence-corrected chi connectivity index (χ0v) is 8.75. The SMILES string of the molecule is COC(=O)c1ccc(C(F)F)c(C)c1C#N. The van der Waals surface area contributed by atoms with Gasteiger partial charge in [-0.25, -0.2) is 13.6 Å². The molecule has 0 N–H and O–H groups in total. The molecule has 1 aromatic carbocycles. The van der Waals surface area contributed by atoms with E-state index in [1.165, 1.54) is 20.1 Å². The summed E-state index contributed by atoms with van der Waals surface area (Å²) >= 11 is 0. The van der Waals surface area contributed by atoms with Crippen molar-refractivity contribution in [3.05, 3.63) is 34.4 Å². The molecule has 0 unspecified atom stereocenters. The number of carbonyl (C=O) groups excluding carboxylic acids is 1. The molecule has 0 aliphatic heterocycles. The summed E-state index contributed by atoms with van der Waals surface area (Å²) in [6.07, 6.45) is -2.67. The van der Waals surface area contributed by atoms with Crippen molar-refractivity contribution < 1.29 is 18.3 Å². The fourth-order valence-corrected chi connectivity index (χ4v) is 1.39. The van der Waals surface area contributed by atoms with Crippen molar-refractivity contribution >= 4 is 5.97 Å². The maximum atomic E-state index is 12.5. The fourth-order valence-electron chi connectivity index (χ4n) is 1.39. The maximum absolute atomic E-state index is 12.5. The Morgan fingerprint density at radius 2 is 2.12 bits per heavy atom. The van der Waals surface area contributed by atoms with Crippen LogP contribution in [-0.2, 0) is 4.74 Å². The van der Waals surface area contributed by atoms with E-state index >= 15 is 0 Å². The van der Waals surface area contributed by atoms with Gasteiger partial charge in [-0.1, -0.05) is 6.07 Å². The normalized spacial score (nSPS) is 10.0. The summed E-state index contributed by atoms with van der Waals surface area (Å²) in [7, 11) is 1.17. The predicted octanol–water partition coefficient (Wildman–Crippen LogP) is 2.59. The van der Waals surface area contributed by atoms with Crippen LogP contribution >= 0.6 is 0 Å². The second-order valence-electron chi connectivity index (χ2n) is 3.11. The monoisotopic (exact) mass is 225 g/mol. The topological polar surface area (TPSA) is 50.1 Å². The van der Waals surface area contributed by atoms with Gasteiger partial charge in [-0.05, 0) is 18.6 Å². The highest BCUT2D eigenvalue weighted by atomic mass is 19.3. The molecule has 0 atom stereocenters. The molecule has 1 rings (SSSR count). The lowest BCUT2D eigenvalue weighted by molar-refractivity contribution is 0.0600. The highest BCUT2D eigenvalue weighted by Gasteiger charge is 2.19. The van der Waals surface area contributed by atoms with Gasteiger partial charge in [0.05, 0.1) is 18.2 Å². The van der Waals surface area contributed by atoms with Crippen LogP contribution in [0.15, 0.2) is 12.1 Å². The number of hydrogen-bond acceptors (Lipinski definition) is 3. The largest absolute Gasteiger partial charge is 0.465 e. The summed E-state index contributed by atoms with van der Waals surface area (Å²) in [5.74, 6) is -0.708. The first kappa shape index (κ1) is 12.1. The van der Waals surface area contributed by atoms with Crippen molar-refractivity contribution in [2.24, 2.45) is 0 Å². The molecule has 0 bridgehead atoms. The molecule has 0 heterocycles. The molecular formula is C11H9F2NO2. The van der Waals surface area contributed by atoms with Crippen LogP contribution in [0.2, 0.25) is 0 Å². The summed E-state index contributed by atoms with van der Waals surface area (Å²) in [6.45, 7) is 1.38. The second kappa shape index (κ2) is 4.71. The number of benzene rings is 1. The third-order valence-electron chi connectivity index (χ3n) is 2.26. The first-order valence-electron chi connectivity index (χ1n) is 4.43. The molecule has 1 aromatic rings. The molecule has 0 aliphatic carbocycles. The van der Waals surface area contributed by atoms with Gasteiger partial charge in [0.1, 0.15) is 6.07 Å². The van der Waals surface area contributed by atoms with Crippen LogP contribution in [0.1, 0.15) is 33.5 Å². The summed E-state index contributed by atoms with van der Waals surface area (Å²) in [5.41, 5.74) is -0.193. The number of rotatable bonds is 2. The van der Waals surface area contributed by atoms with E-state index in [1.54, 1.807) is 6.07 Å². The number of esters is 1. The van der Waals surface area contributed by atoms with E-state index in [0.717, 1.165) is 6.07 Å². The van der Waals surface area contributed by atoms with E-state index in [2.05, 4.69) is 4.74 Å². The fraction of sp³-hybridized carbons (Fsp3) is 0.273. The van der Waals surface area contributed by atoms with E-state index in [4.69, 9.17) is 5.26 Å². The number of hydrogen-bond donors (Lipinski definition) is 0. The minimum atomic E-state index is -2.67. The van der Waals surface area contributed by atoms with Crippen molar-refractivity contribution in [3.63, 3.8) is 0 Å². The lowest BCUT2D eigenvalue weighted by Gasteiger charge is -2.09. The van der Waals surface area contributed by atoms with E-state index in [0.29, 0.717) is 0 Å². The Morgan fingerprint density at radius 1 is 1.50 bits per heavy atom. The highest BCUT2D eigenvalue weighted by Crippen LogP contribution is 2.26. The molecule has 16 heavy (non-hydrogen) atoms. The Morgan fingerprint density at radius 3 is 2.56 bits per heavy atom. The summed E-state index contributed by atoms with van der Waals surface area (Å²) < 4.78 is 29.5.